The number of carboxylic acid groups (broad SMARTS) is 1. The molecular weight excluding hydrogens is 266 g/mol. The van der Waals surface area contributed by atoms with Gasteiger partial charge in [0.1, 0.15) is 6.04 Å². The summed E-state index contributed by atoms with van der Waals surface area (Å²) in [6.45, 7) is 4.82. The maximum absolute atomic E-state index is 11.6. The van der Waals surface area contributed by atoms with Crippen molar-refractivity contribution in [3.05, 3.63) is 0 Å². The van der Waals surface area contributed by atoms with Crippen LogP contribution in [0, 0.1) is 5.41 Å². The van der Waals surface area contributed by atoms with Gasteiger partial charge in [0.15, 0.2) is 0 Å². The van der Waals surface area contributed by atoms with Gasteiger partial charge in [-0.15, -0.1) is 0 Å². The summed E-state index contributed by atoms with van der Waals surface area (Å²) in [5.41, 5.74) is 4.73. The second-order valence-corrected chi connectivity index (χ2v) is 5.30. The predicted octanol–water partition coefficient (Wildman–Crippen LogP) is -0.323. The van der Waals surface area contributed by atoms with Crippen molar-refractivity contribution < 1.29 is 24.2 Å². The van der Waals surface area contributed by atoms with E-state index in [0.29, 0.717) is 13.2 Å². The van der Waals surface area contributed by atoms with Crippen molar-refractivity contribution in [3.63, 3.8) is 0 Å². The summed E-state index contributed by atoms with van der Waals surface area (Å²) < 4.78 is 4.97. The van der Waals surface area contributed by atoms with Crippen molar-refractivity contribution in [3.8, 4) is 0 Å². The van der Waals surface area contributed by atoms with Gasteiger partial charge in [0.2, 0.25) is 5.91 Å². The zero-order valence-electron chi connectivity index (χ0n) is 12.1. The van der Waals surface area contributed by atoms with Crippen molar-refractivity contribution >= 4 is 17.9 Å². The molecule has 0 aliphatic rings. The third-order valence-corrected chi connectivity index (χ3v) is 2.72. The fourth-order valence-corrected chi connectivity index (χ4v) is 1.40. The molecule has 5 N–H and O–H groups in total. The van der Waals surface area contributed by atoms with Gasteiger partial charge in [-0.1, -0.05) is 13.8 Å². The lowest BCUT2D eigenvalue weighted by Crippen LogP contribution is -2.49. The topological polar surface area (TPSA) is 131 Å². The predicted molar refractivity (Wildman–Crippen MR) is 72.0 cm³/mol. The molecule has 0 heterocycles. The molecule has 0 bridgehead atoms. The summed E-state index contributed by atoms with van der Waals surface area (Å²) in [6, 6.07) is -1.97. The Bertz CT molecular complexity index is 357. The van der Waals surface area contributed by atoms with E-state index >= 15 is 0 Å². The molecule has 0 aliphatic heterocycles. The van der Waals surface area contributed by atoms with Crippen LogP contribution in [0.1, 0.15) is 26.7 Å². The van der Waals surface area contributed by atoms with Crippen LogP contribution in [0.2, 0.25) is 0 Å². The first-order valence-electron chi connectivity index (χ1n) is 6.22. The molecule has 0 aromatic rings. The minimum Gasteiger partial charge on any atom is -0.480 e. The van der Waals surface area contributed by atoms with E-state index in [1.54, 1.807) is 7.11 Å². The van der Waals surface area contributed by atoms with Crippen LogP contribution in [0.4, 0.5) is 4.79 Å². The van der Waals surface area contributed by atoms with E-state index in [1.165, 1.54) is 0 Å². The van der Waals surface area contributed by atoms with Gasteiger partial charge >= 0.3 is 12.0 Å². The number of hydrogen-bond acceptors (Lipinski definition) is 4. The smallest absolute Gasteiger partial charge is 0.326 e. The number of carboxylic acids is 1. The van der Waals surface area contributed by atoms with E-state index in [2.05, 4.69) is 10.6 Å². The zero-order valence-corrected chi connectivity index (χ0v) is 12.1. The number of ether oxygens (including phenoxy) is 1. The summed E-state index contributed by atoms with van der Waals surface area (Å²) in [4.78, 5) is 33.1. The third kappa shape index (κ3) is 8.30. The summed E-state index contributed by atoms with van der Waals surface area (Å²) in [5, 5.41) is 13.6. The number of hydrogen-bond donors (Lipinski definition) is 4. The minimum absolute atomic E-state index is 0.185. The Hall–Kier alpha value is -1.83. The van der Waals surface area contributed by atoms with Gasteiger partial charge in [-0.05, 0) is 11.8 Å². The molecular formula is C12H23N3O5. The summed E-state index contributed by atoms with van der Waals surface area (Å²) >= 11 is 0. The Kier molecular flexibility index (Phi) is 7.60. The van der Waals surface area contributed by atoms with Crippen molar-refractivity contribution in [2.75, 3.05) is 20.3 Å². The highest BCUT2D eigenvalue weighted by molar-refractivity contribution is 5.87. The number of nitrogens with two attached hydrogens (primary N) is 1. The molecule has 8 heteroatoms. The quantitative estimate of drug-likeness (QED) is 0.462. The highest BCUT2D eigenvalue weighted by Crippen LogP contribution is 2.18. The molecule has 0 unspecified atom stereocenters. The maximum Gasteiger partial charge on any atom is 0.326 e. The Morgan fingerprint density at radius 1 is 1.35 bits per heavy atom. The molecule has 3 amide bonds. The number of methoxy groups -OCH3 is 1. The molecule has 0 saturated carbocycles. The fourth-order valence-electron chi connectivity index (χ4n) is 1.40. The van der Waals surface area contributed by atoms with Crippen molar-refractivity contribution in [1.29, 1.82) is 0 Å². The largest absolute Gasteiger partial charge is 0.480 e. The first kappa shape index (κ1) is 18.2. The van der Waals surface area contributed by atoms with Gasteiger partial charge in [0.25, 0.3) is 0 Å². The summed E-state index contributed by atoms with van der Waals surface area (Å²) in [5.74, 6) is -2.10. The van der Waals surface area contributed by atoms with Crippen LogP contribution in [0.15, 0.2) is 0 Å². The molecule has 20 heavy (non-hydrogen) atoms. The van der Waals surface area contributed by atoms with Gasteiger partial charge in [-0.25, -0.2) is 9.59 Å². The van der Waals surface area contributed by atoms with Crippen molar-refractivity contribution in [1.82, 2.24) is 10.6 Å². The third-order valence-electron chi connectivity index (χ3n) is 2.72. The first-order chi connectivity index (χ1) is 9.18. The number of aliphatic carboxylic acids is 1. The minimum atomic E-state index is -1.32. The fraction of sp³-hybridized carbons (Fsp3) is 0.750. The summed E-state index contributed by atoms with van der Waals surface area (Å²) in [7, 11) is 1.59. The van der Waals surface area contributed by atoms with Gasteiger partial charge in [0, 0.05) is 20.3 Å². The Labute approximate surface area is 118 Å². The number of urea groups is 1. The average molecular weight is 289 g/mol. The lowest BCUT2D eigenvalue weighted by Gasteiger charge is -2.25. The van der Waals surface area contributed by atoms with E-state index in [4.69, 9.17) is 15.6 Å². The molecule has 116 valence electrons. The number of carbonyl (C=O) groups is 3. The molecule has 1 atom stereocenters. The van der Waals surface area contributed by atoms with E-state index in [0.717, 1.165) is 6.42 Å². The zero-order chi connectivity index (χ0) is 15.8. The van der Waals surface area contributed by atoms with Crippen LogP contribution in [0.25, 0.3) is 0 Å². The Morgan fingerprint density at radius 3 is 2.40 bits per heavy atom. The number of amides is 3. The van der Waals surface area contributed by atoms with Crippen LogP contribution in [0.5, 0.6) is 0 Å². The summed E-state index contributed by atoms with van der Waals surface area (Å²) in [6.07, 6.45) is 0.295. The van der Waals surface area contributed by atoms with Crippen molar-refractivity contribution in [2.45, 2.75) is 32.7 Å². The molecule has 0 fully saturated rings. The number of rotatable bonds is 9. The molecule has 0 saturated heterocycles. The molecule has 0 rings (SSSR count). The van der Waals surface area contributed by atoms with Crippen LogP contribution in [-0.4, -0.2) is 49.3 Å². The lowest BCUT2D eigenvalue weighted by molar-refractivity contribution is -0.140. The molecule has 0 aromatic carbocycles. The van der Waals surface area contributed by atoms with E-state index < -0.39 is 30.4 Å². The SMILES string of the molecule is COCCC(C)(C)CNC(=O)N[C@@H](CC(N)=O)C(=O)O. The normalized spacial score (nSPS) is 12.6. The second kappa shape index (κ2) is 8.36. The van der Waals surface area contributed by atoms with E-state index in [-0.39, 0.29) is 5.41 Å². The van der Waals surface area contributed by atoms with Crippen LogP contribution in [-0.2, 0) is 14.3 Å². The number of carbonyl (C=O) groups excluding carboxylic acids is 2. The van der Waals surface area contributed by atoms with Crippen molar-refractivity contribution in [2.24, 2.45) is 11.1 Å². The maximum atomic E-state index is 11.6. The number of nitrogens with one attached hydrogen (secondary N) is 2. The van der Waals surface area contributed by atoms with Gasteiger partial charge in [-0.3, -0.25) is 4.79 Å². The lowest BCUT2D eigenvalue weighted by atomic mass is 9.90. The molecule has 0 spiro atoms. The molecule has 0 aliphatic carbocycles. The average Bonchev–Trinajstić information content (AvgIpc) is 2.33. The van der Waals surface area contributed by atoms with Crippen LogP contribution >= 0.6 is 0 Å². The molecule has 8 nitrogen and oxygen atoms in total. The van der Waals surface area contributed by atoms with E-state index in [9.17, 15) is 14.4 Å². The van der Waals surface area contributed by atoms with Gasteiger partial charge < -0.3 is 26.2 Å². The second-order valence-electron chi connectivity index (χ2n) is 5.30. The monoisotopic (exact) mass is 289 g/mol. The van der Waals surface area contributed by atoms with Crippen LogP contribution < -0.4 is 16.4 Å². The van der Waals surface area contributed by atoms with E-state index in [1.807, 2.05) is 13.8 Å². The van der Waals surface area contributed by atoms with Gasteiger partial charge in [0.05, 0.1) is 6.42 Å². The first-order valence-corrected chi connectivity index (χ1v) is 6.22. The standard InChI is InChI=1S/C12H23N3O5/c1-12(2,4-5-20-3)7-14-11(19)15-8(10(17)18)6-9(13)16/h8H,4-7H2,1-3H3,(H2,13,16)(H,17,18)(H2,14,15,19)/t8-/m0/s1. The highest BCUT2D eigenvalue weighted by atomic mass is 16.5. The Balaban J connectivity index is 4.26. The molecule has 0 radical (unpaired) electrons. The Morgan fingerprint density at radius 2 is 1.95 bits per heavy atom. The molecule has 0 aromatic heterocycles. The highest BCUT2D eigenvalue weighted by Gasteiger charge is 2.23. The van der Waals surface area contributed by atoms with Gasteiger partial charge in [-0.2, -0.15) is 0 Å². The number of primary amides is 1. The van der Waals surface area contributed by atoms with Crippen LogP contribution in [0.3, 0.4) is 0 Å².